The van der Waals surface area contributed by atoms with Gasteiger partial charge in [-0.15, -0.1) is 5.73 Å². The van der Waals surface area contributed by atoms with Crippen LogP contribution in [-0.2, 0) is 19.6 Å². The zero-order chi connectivity index (χ0) is 20.0. The number of carbonyl (C=O) groups excluding carboxylic acids is 1. The monoisotopic (exact) mass is 389 g/mol. The van der Waals surface area contributed by atoms with Crippen LogP contribution in [0.15, 0.2) is 71.3 Å². The molecule has 1 unspecified atom stereocenters. The molecule has 0 aromatic heterocycles. The summed E-state index contributed by atoms with van der Waals surface area (Å²) in [5, 5.41) is 0. The van der Waals surface area contributed by atoms with E-state index in [2.05, 4.69) is 17.0 Å². The van der Waals surface area contributed by atoms with Gasteiger partial charge in [-0.1, -0.05) is 36.4 Å². The van der Waals surface area contributed by atoms with Gasteiger partial charge in [-0.3, -0.25) is 0 Å². The SMILES string of the molecule is C=C=C(C(=O)OCC)C(NS(=O)(=O)c1ccc(C)cc1)c1cccc(F)c1. The first-order valence-corrected chi connectivity index (χ1v) is 9.68. The van der Waals surface area contributed by atoms with E-state index in [0.717, 1.165) is 11.6 Å². The van der Waals surface area contributed by atoms with E-state index < -0.39 is 27.9 Å². The highest BCUT2D eigenvalue weighted by Gasteiger charge is 2.29. The summed E-state index contributed by atoms with van der Waals surface area (Å²) in [6, 6.07) is 10.3. The summed E-state index contributed by atoms with van der Waals surface area (Å²) in [5.41, 5.74) is 3.40. The number of hydrogen-bond acceptors (Lipinski definition) is 4. The second-order valence-corrected chi connectivity index (χ2v) is 7.45. The lowest BCUT2D eigenvalue weighted by Crippen LogP contribution is -2.32. The van der Waals surface area contributed by atoms with Gasteiger partial charge in [-0.25, -0.2) is 17.6 Å². The number of esters is 1. The molecule has 27 heavy (non-hydrogen) atoms. The molecule has 2 aromatic rings. The highest BCUT2D eigenvalue weighted by Crippen LogP contribution is 2.25. The number of benzene rings is 2. The van der Waals surface area contributed by atoms with Gasteiger partial charge < -0.3 is 4.74 Å². The molecule has 0 spiro atoms. The van der Waals surface area contributed by atoms with Crippen molar-refractivity contribution in [3.63, 3.8) is 0 Å². The molecule has 0 amide bonds. The van der Waals surface area contributed by atoms with Crippen LogP contribution in [0.2, 0.25) is 0 Å². The number of ether oxygens (including phenoxy) is 1. The number of sulfonamides is 1. The van der Waals surface area contributed by atoms with Crippen molar-refractivity contribution in [1.29, 1.82) is 0 Å². The normalized spacial score (nSPS) is 12.1. The van der Waals surface area contributed by atoms with Crippen molar-refractivity contribution >= 4 is 16.0 Å². The molecule has 1 N–H and O–H groups in total. The Morgan fingerprint density at radius 1 is 1.26 bits per heavy atom. The van der Waals surface area contributed by atoms with Crippen LogP contribution in [0.3, 0.4) is 0 Å². The molecule has 0 aliphatic heterocycles. The molecular weight excluding hydrogens is 369 g/mol. The third-order valence-electron chi connectivity index (χ3n) is 3.76. The van der Waals surface area contributed by atoms with Gasteiger partial charge in [0.1, 0.15) is 11.4 Å². The van der Waals surface area contributed by atoms with Gasteiger partial charge in [-0.05, 0) is 43.7 Å². The van der Waals surface area contributed by atoms with Gasteiger partial charge in [0, 0.05) is 0 Å². The average molecular weight is 389 g/mol. The zero-order valence-corrected chi connectivity index (χ0v) is 15.8. The Morgan fingerprint density at radius 3 is 2.48 bits per heavy atom. The fourth-order valence-electron chi connectivity index (χ4n) is 2.42. The maximum absolute atomic E-state index is 13.7. The van der Waals surface area contributed by atoms with E-state index in [-0.39, 0.29) is 22.6 Å². The van der Waals surface area contributed by atoms with Gasteiger partial charge in [0.05, 0.1) is 17.5 Å². The number of aryl methyl sites for hydroxylation is 1. The minimum atomic E-state index is -4.01. The van der Waals surface area contributed by atoms with Gasteiger partial charge in [-0.2, -0.15) is 4.72 Å². The maximum atomic E-state index is 13.7. The lowest BCUT2D eigenvalue weighted by atomic mass is 10.0. The largest absolute Gasteiger partial charge is 0.462 e. The van der Waals surface area contributed by atoms with Gasteiger partial charge >= 0.3 is 5.97 Å². The van der Waals surface area contributed by atoms with E-state index in [0.29, 0.717) is 0 Å². The molecule has 0 fully saturated rings. The first-order valence-electron chi connectivity index (χ1n) is 8.20. The van der Waals surface area contributed by atoms with E-state index in [1.807, 2.05) is 6.92 Å². The molecule has 0 radical (unpaired) electrons. The Labute approximate surface area is 158 Å². The Hall–Kier alpha value is -2.73. The minimum Gasteiger partial charge on any atom is -0.462 e. The lowest BCUT2D eigenvalue weighted by molar-refractivity contribution is -0.138. The fraction of sp³-hybridized carbons (Fsp3) is 0.200. The number of halogens is 1. The summed E-state index contributed by atoms with van der Waals surface area (Å²) >= 11 is 0. The van der Waals surface area contributed by atoms with E-state index in [4.69, 9.17) is 4.74 Å². The molecular formula is C20H20FNO4S. The molecule has 7 heteroatoms. The van der Waals surface area contributed by atoms with Crippen molar-refractivity contribution in [2.45, 2.75) is 24.8 Å². The molecule has 2 aromatic carbocycles. The molecule has 0 saturated heterocycles. The molecule has 1 atom stereocenters. The van der Waals surface area contributed by atoms with Crippen molar-refractivity contribution in [1.82, 2.24) is 4.72 Å². The summed E-state index contributed by atoms with van der Waals surface area (Å²) in [6.07, 6.45) is 0. The Morgan fingerprint density at radius 2 is 1.93 bits per heavy atom. The average Bonchev–Trinajstić information content (AvgIpc) is 2.62. The molecule has 0 bridgehead atoms. The number of hydrogen-bond donors (Lipinski definition) is 1. The van der Waals surface area contributed by atoms with Crippen LogP contribution in [0.1, 0.15) is 24.1 Å². The van der Waals surface area contributed by atoms with Crippen LogP contribution in [0.25, 0.3) is 0 Å². The Bertz CT molecular complexity index is 977. The van der Waals surface area contributed by atoms with Crippen molar-refractivity contribution in [2.75, 3.05) is 6.61 Å². The van der Waals surface area contributed by atoms with E-state index >= 15 is 0 Å². The Balaban J connectivity index is 2.51. The summed E-state index contributed by atoms with van der Waals surface area (Å²) in [4.78, 5) is 12.3. The molecule has 5 nitrogen and oxygen atoms in total. The van der Waals surface area contributed by atoms with E-state index in [9.17, 15) is 17.6 Å². The van der Waals surface area contributed by atoms with Gasteiger partial charge in [0.25, 0.3) is 0 Å². The highest BCUT2D eigenvalue weighted by atomic mass is 32.2. The summed E-state index contributed by atoms with van der Waals surface area (Å²) in [5.74, 6) is -1.35. The number of rotatable bonds is 7. The minimum absolute atomic E-state index is 0.0155. The number of carbonyl (C=O) groups is 1. The van der Waals surface area contributed by atoms with Crippen LogP contribution in [0.4, 0.5) is 4.39 Å². The predicted molar refractivity (Wildman–Crippen MR) is 99.9 cm³/mol. The number of nitrogens with one attached hydrogen (secondary N) is 1. The molecule has 2 rings (SSSR count). The third kappa shape index (κ3) is 5.14. The third-order valence-corrected chi connectivity index (χ3v) is 5.20. The van der Waals surface area contributed by atoms with E-state index in [1.165, 1.54) is 30.3 Å². The first-order chi connectivity index (χ1) is 12.8. The summed E-state index contributed by atoms with van der Waals surface area (Å²) < 4.78 is 46.7. The fourth-order valence-corrected chi connectivity index (χ4v) is 3.62. The Kier molecular flexibility index (Phi) is 6.69. The molecule has 0 aliphatic rings. The van der Waals surface area contributed by atoms with Gasteiger partial charge in [0.15, 0.2) is 0 Å². The quantitative estimate of drug-likeness (QED) is 0.447. The second kappa shape index (κ2) is 8.77. The van der Waals surface area contributed by atoms with Crippen molar-refractivity contribution < 1.29 is 22.3 Å². The predicted octanol–water partition coefficient (Wildman–Crippen LogP) is 3.43. The topological polar surface area (TPSA) is 72.5 Å². The molecule has 0 heterocycles. The summed E-state index contributed by atoms with van der Waals surface area (Å²) in [7, 11) is -4.01. The van der Waals surface area contributed by atoms with Crippen LogP contribution >= 0.6 is 0 Å². The lowest BCUT2D eigenvalue weighted by Gasteiger charge is -2.20. The molecule has 142 valence electrons. The van der Waals surface area contributed by atoms with Crippen LogP contribution in [0, 0.1) is 12.7 Å². The van der Waals surface area contributed by atoms with Crippen molar-refractivity contribution in [3.05, 3.63) is 83.4 Å². The molecule has 0 saturated carbocycles. The van der Waals surface area contributed by atoms with Crippen LogP contribution in [0.5, 0.6) is 0 Å². The second-order valence-electron chi connectivity index (χ2n) is 5.73. The van der Waals surface area contributed by atoms with Crippen molar-refractivity contribution in [2.24, 2.45) is 0 Å². The van der Waals surface area contributed by atoms with E-state index in [1.54, 1.807) is 19.1 Å². The van der Waals surface area contributed by atoms with Crippen LogP contribution < -0.4 is 4.72 Å². The maximum Gasteiger partial charge on any atom is 0.343 e. The smallest absolute Gasteiger partial charge is 0.343 e. The highest BCUT2D eigenvalue weighted by molar-refractivity contribution is 7.89. The first kappa shape index (κ1) is 20.6. The van der Waals surface area contributed by atoms with Crippen molar-refractivity contribution in [3.8, 4) is 0 Å². The standard InChI is InChI=1S/C20H20FNO4S/c1-4-18(20(23)26-5-2)19(15-7-6-8-16(21)13-15)22-27(24,25)17-11-9-14(3)10-12-17/h6-13,19,22H,1,5H2,2-3H3. The summed E-state index contributed by atoms with van der Waals surface area (Å²) in [6.45, 7) is 6.99. The van der Waals surface area contributed by atoms with Gasteiger partial charge in [0.2, 0.25) is 10.0 Å². The van der Waals surface area contributed by atoms with Crippen LogP contribution in [-0.4, -0.2) is 21.0 Å². The molecule has 0 aliphatic carbocycles. The zero-order valence-electron chi connectivity index (χ0n) is 15.0.